The number of ether oxygens (including phenoxy) is 1. The molecule has 0 N–H and O–H groups in total. The Morgan fingerprint density at radius 3 is 2.69 bits per heavy atom. The molecule has 0 aromatic heterocycles. The molecule has 0 aliphatic heterocycles. The van der Waals surface area contributed by atoms with Crippen molar-refractivity contribution in [2.24, 2.45) is 5.92 Å². The summed E-state index contributed by atoms with van der Waals surface area (Å²) in [5.74, 6) is -1.25. The monoisotopic (exact) mass is 250 g/mol. The molecule has 3 nitrogen and oxygen atoms in total. The number of esters is 1. The van der Waals surface area contributed by atoms with Gasteiger partial charge in [0, 0.05) is 18.8 Å². The third-order valence-electron chi connectivity index (χ3n) is 2.53. The van der Waals surface area contributed by atoms with Gasteiger partial charge in [0.1, 0.15) is 12.2 Å². The van der Waals surface area contributed by atoms with Crippen LogP contribution in [0, 0.1) is 5.92 Å². The molecular formula is C11H16ClFO3. The third kappa shape index (κ3) is 4.47. The van der Waals surface area contributed by atoms with Crippen molar-refractivity contribution in [3.8, 4) is 0 Å². The summed E-state index contributed by atoms with van der Waals surface area (Å²) in [7, 11) is 0. The summed E-state index contributed by atoms with van der Waals surface area (Å²) in [4.78, 5) is 22.4. The Kier molecular flexibility index (Phi) is 4.71. The highest BCUT2D eigenvalue weighted by Crippen LogP contribution is 2.52. The molecule has 1 fully saturated rings. The SMILES string of the molecule is CCCCOC(=O)CC(=O)CC1CC1(F)Cl. The summed E-state index contributed by atoms with van der Waals surface area (Å²) in [5.41, 5.74) is 0. The van der Waals surface area contributed by atoms with Gasteiger partial charge in [-0.05, 0) is 6.42 Å². The topological polar surface area (TPSA) is 43.4 Å². The van der Waals surface area contributed by atoms with E-state index in [4.69, 9.17) is 16.3 Å². The number of alkyl halides is 2. The molecule has 0 amide bonds. The number of hydrogen-bond acceptors (Lipinski definition) is 3. The number of rotatable bonds is 7. The second-order valence-corrected chi connectivity index (χ2v) is 4.78. The average molecular weight is 251 g/mol. The highest BCUT2D eigenvalue weighted by atomic mass is 35.5. The Labute approximate surface area is 99.3 Å². The van der Waals surface area contributed by atoms with Crippen LogP contribution in [0.15, 0.2) is 0 Å². The lowest BCUT2D eigenvalue weighted by atomic mass is 10.1. The molecule has 0 aromatic rings. The molecule has 92 valence electrons. The highest BCUT2D eigenvalue weighted by Gasteiger charge is 2.54. The molecule has 0 aromatic carbocycles. The molecule has 1 rings (SSSR count). The van der Waals surface area contributed by atoms with Crippen molar-refractivity contribution in [2.75, 3.05) is 6.61 Å². The van der Waals surface area contributed by atoms with Crippen LogP contribution in [0.2, 0.25) is 0 Å². The van der Waals surface area contributed by atoms with E-state index in [1.165, 1.54) is 0 Å². The quantitative estimate of drug-likeness (QED) is 0.302. The Hall–Kier alpha value is -0.640. The normalized spacial score (nSPS) is 27.6. The first-order valence-electron chi connectivity index (χ1n) is 5.51. The number of carbonyl (C=O) groups excluding carboxylic acids is 2. The number of hydrogen-bond donors (Lipinski definition) is 0. The first-order valence-corrected chi connectivity index (χ1v) is 5.88. The Morgan fingerprint density at radius 1 is 1.56 bits per heavy atom. The number of unbranched alkanes of at least 4 members (excludes halogenated alkanes) is 1. The largest absolute Gasteiger partial charge is 0.465 e. The molecule has 1 aliphatic rings. The summed E-state index contributed by atoms with van der Waals surface area (Å²) in [6, 6.07) is 0. The van der Waals surface area contributed by atoms with Crippen LogP contribution >= 0.6 is 11.6 Å². The van der Waals surface area contributed by atoms with Gasteiger partial charge in [0.05, 0.1) is 6.61 Å². The maximum absolute atomic E-state index is 12.9. The van der Waals surface area contributed by atoms with E-state index in [9.17, 15) is 14.0 Å². The minimum absolute atomic E-state index is 0.0306. The Balaban J connectivity index is 2.12. The predicted octanol–water partition coefficient (Wildman–Crippen LogP) is 2.60. The van der Waals surface area contributed by atoms with E-state index in [0.717, 1.165) is 12.8 Å². The Bertz CT molecular complexity index is 278. The first kappa shape index (κ1) is 13.4. The van der Waals surface area contributed by atoms with Crippen LogP contribution in [0.4, 0.5) is 4.39 Å². The van der Waals surface area contributed by atoms with Crippen molar-refractivity contribution < 1.29 is 18.7 Å². The van der Waals surface area contributed by atoms with E-state index in [-0.39, 0.29) is 25.0 Å². The van der Waals surface area contributed by atoms with Gasteiger partial charge >= 0.3 is 5.97 Å². The fourth-order valence-corrected chi connectivity index (χ4v) is 1.64. The van der Waals surface area contributed by atoms with Crippen LogP contribution in [-0.4, -0.2) is 23.5 Å². The number of ketones is 1. The molecule has 5 heteroatoms. The minimum Gasteiger partial charge on any atom is -0.465 e. The smallest absolute Gasteiger partial charge is 0.313 e. The van der Waals surface area contributed by atoms with Crippen molar-refractivity contribution in [2.45, 2.75) is 44.2 Å². The van der Waals surface area contributed by atoms with Crippen LogP contribution in [0.25, 0.3) is 0 Å². The first-order chi connectivity index (χ1) is 7.45. The van der Waals surface area contributed by atoms with Crippen molar-refractivity contribution in [3.05, 3.63) is 0 Å². The standard InChI is InChI=1S/C11H16ClFO3/c1-2-3-4-16-10(15)6-9(14)5-8-7-11(8,12)13/h8H,2-7H2,1H3. The van der Waals surface area contributed by atoms with E-state index < -0.39 is 17.0 Å². The van der Waals surface area contributed by atoms with Gasteiger partial charge in [-0.2, -0.15) is 0 Å². The lowest BCUT2D eigenvalue weighted by Crippen LogP contribution is -2.13. The van der Waals surface area contributed by atoms with Gasteiger partial charge in [0.25, 0.3) is 0 Å². The fourth-order valence-electron chi connectivity index (χ4n) is 1.38. The number of carbonyl (C=O) groups is 2. The Morgan fingerprint density at radius 2 is 2.19 bits per heavy atom. The van der Waals surface area contributed by atoms with E-state index in [1.54, 1.807) is 0 Å². The molecule has 2 atom stereocenters. The van der Waals surface area contributed by atoms with Crippen LogP contribution < -0.4 is 0 Å². The van der Waals surface area contributed by atoms with Gasteiger partial charge in [0.2, 0.25) is 0 Å². The van der Waals surface area contributed by atoms with E-state index >= 15 is 0 Å². The molecule has 16 heavy (non-hydrogen) atoms. The maximum Gasteiger partial charge on any atom is 0.313 e. The minimum atomic E-state index is -1.72. The summed E-state index contributed by atoms with van der Waals surface area (Å²) in [5, 5.41) is -1.72. The maximum atomic E-state index is 12.9. The van der Waals surface area contributed by atoms with Gasteiger partial charge in [-0.15, -0.1) is 0 Å². The molecule has 1 saturated carbocycles. The van der Waals surface area contributed by atoms with Crippen LogP contribution in [-0.2, 0) is 14.3 Å². The summed E-state index contributed by atoms with van der Waals surface area (Å²) < 4.78 is 17.7. The second-order valence-electron chi connectivity index (χ2n) is 4.16. The zero-order chi connectivity index (χ0) is 12.2. The van der Waals surface area contributed by atoms with Gasteiger partial charge < -0.3 is 4.74 Å². The second kappa shape index (κ2) is 5.62. The zero-order valence-electron chi connectivity index (χ0n) is 9.30. The van der Waals surface area contributed by atoms with Gasteiger partial charge in [-0.1, -0.05) is 24.9 Å². The van der Waals surface area contributed by atoms with Crippen LogP contribution in [0.3, 0.4) is 0 Å². The summed E-state index contributed by atoms with van der Waals surface area (Å²) in [6.07, 6.45) is 1.68. The van der Waals surface area contributed by atoms with E-state index in [0.29, 0.717) is 6.61 Å². The van der Waals surface area contributed by atoms with E-state index in [1.807, 2.05) is 6.92 Å². The molecular weight excluding hydrogens is 235 g/mol. The average Bonchev–Trinajstić information content (AvgIpc) is 2.73. The highest BCUT2D eigenvalue weighted by molar-refractivity contribution is 6.25. The van der Waals surface area contributed by atoms with Crippen molar-refractivity contribution in [1.82, 2.24) is 0 Å². The molecule has 0 saturated heterocycles. The molecule has 0 spiro atoms. The van der Waals surface area contributed by atoms with E-state index in [2.05, 4.69) is 0 Å². The lowest BCUT2D eigenvalue weighted by Gasteiger charge is -2.03. The third-order valence-corrected chi connectivity index (χ3v) is 3.00. The molecule has 2 unspecified atom stereocenters. The molecule has 1 aliphatic carbocycles. The van der Waals surface area contributed by atoms with Crippen molar-refractivity contribution >= 4 is 23.4 Å². The molecule has 0 radical (unpaired) electrons. The number of Topliss-reactive ketones (excluding diaryl/α,β-unsaturated/α-hetero) is 1. The van der Waals surface area contributed by atoms with Gasteiger partial charge in [-0.25, -0.2) is 4.39 Å². The zero-order valence-corrected chi connectivity index (χ0v) is 10.1. The van der Waals surface area contributed by atoms with Gasteiger partial charge in [0.15, 0.2) is 5.13 Å². The summed E-state index contributed by atoms with van der Waals surface area (Å²) in [6.45, 7) is 2.32. The molecule has 0 bridgehead atoms. The summed E-state index contributed by atoms with van der Waals surface area (Å²) >= 11 is 5.36. The van der Waals surface area contributed by atoms with Gasteiger partial charge in [-0.3, -0.25) is 9.59 Å². The lowest BCUT2D eigenvalue weighted by molar-refractivity contribution is -0.146. The van der Waals surface area contributed by atoms with Crippen molar-refractivity contribution in [3.63, 3.8) is 0 Å². The van der Waals surface area contributed by atoms with Crippen molar-refractivity contribution in [1.29, 1.82) is 0 Å². The number of halogens is 2. The molecule has 0 heterocycles. The van der Waals surface area contributed by atoms with Crippen LogP contribution in [0.1, 0.15) is 39.0 Å². The predicted molar refractivity (Wildman–Crippen MR) is 57.9 cm³/mol. The van der Waals surface area contributed by atoms with Crippen LogP contribution in [0.5, 0.6) is 0 Å². The fraction of sp³-hybridized carbons (Fsp3) is 0.818.